The van der Waals surface area contributed by atoms with Gasteiger partial charge in [0.25, 0.3) is 0 Å². The van der Waals surface area contributed by atoms with E-state index in [-0.39, 0.29) is 0 Å². The Bertz CT molecular complexity index is 1440. The van der Waals surface area contributed by atoms with E-state index in [0.717, 1.165) is 11.0 Å². The van der Waals surface area contributed by atoms with E-state index in [1.165, 1.54) is 32.3 Å². The van der Waals surface area contributed by atoms with Gasteiger partial charge in [-0.3, -0.25) is 0 Å². The van der Waals surface area contributed by atoms with Crippen molar-refractivity contribution >= 4 is 43.3 Å². The highest BCUT2D eigenvalue weighted by Crippen LogP contribution is 2.34. The highest BCUT2D eigenvalue weighted by Gasteiger charge is 2.09. The standard InChI is InChI=1S/C25H14O/c1-2-3-4-9-20-16-24-22-11-10-19-14-17-7-5-6-8-18(17)15-23(19)21(22)12-13-25(24)26-20/h5-8,10-16H,1H3. The van der Waals surface area contributed by atoms with Gasteiger partial charge >= 0.3 is 0 Å². The lowest BCUT2D eigenvalue weighted by molar-refractivity contribution is 0.601. The highest BCUT2D eigenvalue weighted by molar-refractivity contribution is 6.18. The van der Waals surface area contributed by atoms with Crippen LogP contribution in [0.2, 0.25) is 0 Å². The van der Waals surface area contributed by atoms with Crippen molar-refractivity contribution in [2.24, 2.45) is 0 Å². The summed E-state index contributed by atoms with van der Waals surface area (Å²) in [5, 5.41) is 8.53. The topological polar surface area (TPSA) is 13.1 Å². The van der Waals surface area contributed by atoms with Crippen LogP contribution < -0.4 is 0 Å². The number of hydrogen-bond acceptors (Lipinski definition) is 1. The number of fused-ring (bicyclic) bond motifs is 6. The summed E-state index contributed by atoms with van der Waals surface area (Å²) in [5.74, 6) is 11.9. The third-order valence-corrected chi connectivity index (χ3v) is 4.75. The molecule has 0 aliphatic heterocycles. The van der Waals surface area contributed by atoms with E-state index in [0.29, 0.717) is 5.76 Å². The molecule has 1 heteroatoms. The van der Waals surface area contributed by atoms with Gasteiger partial charge < -0.3 is 4.42 Å². The monoisotopic (exact) mass is 330 g/mol. The fraction of sp³-hybridized carbons (Fsp3) is 0.0400. The van der Waals surface area contributed by atoms with Gasteiger partial charge in [0.15, 0.2) is 5.76 Å². The summed E-state index contributed by atoms with van der Waals surface area (Å²) >= 11 is 0. The van der Waals surface area contributed by atoms with Crippen molar-refractivity contribution in [1.82, 2.24) is 0 Å². The van der Waals surface area contributed by atoms with Crippen LogP contribution in [0.1, 0.15) is 12.7 Å². The van der Waals surface area contributed by atoms with E-state index in [2.05, 4.69) is 78.3 Å². The lowest BCUT2D eigenvalue weighted by Crippen LogP contribution is -1.80. The minimum atomic E-state index is 0.647. The molecule has 0 spiro atoms. The van der Waals surface area contributed by atoms with Crippen LogP contribution in [-0.2, 0) is 0 Å². The fourth-order valence-corrected chi connectivity index (χ4v) is 3.57. The van der Waals surface area contributed by atoms with Crippen LogP contribution in [0, 0.1) is 23.7 Å². The quantitative estimate of drug-likeness (QED) is 0.185. The van der Waals surface area contributed by atoms with Crippen LogP contribution in [0.3, 0.4) is 0 Å². The first-order chi connectivity index (χ1) is 12.8. The molecule has 120 valence electrons. The van der Waals surface area contributed by atoms with Gasteiger partial charge in [-0.25, -0.2) is 0 Å². The van der Waals surface area contributed by atoms with Crippen LogP contribution in [0.25, 0.3) is 43.3 Å². The molecule has 0 atom stereocenters. The molecule has 5 aromatic rings. The van der Waals surface area contributed by atoms with Crippen molar-refractivity contribution in [3.8, 4) is 23.7 Å². The van der Waals surface area contributed by atoms with Crippen molar-refractivity contribution in [3.05, 3.63) is 72.5 Å². The third kappa shape index (κ3) is 2.23. The number of rotatable bonds is 0. The molecular formula is C25H14O. The molecule has 26 heavy (non-hydrogen) atoms. The van der Waals surface area contributed by atoms with Crippen LogP contribution >= 0.6 is 0 Å². The van der Waals surface area contributed by atoms with Gasteiger partial charge in [-0.2, -0.15) is 0 Å². The molecule has 0 saturated heterocycles. The van der Waals surface area contributed by atoms with Gasteiger partial charge in [-0.05, 0) is 75.2 Å². The Hall–Kier alpha value is -3.68. The first-order valence-corrected chi connectivity index (χ1v) is 8.54. The van der Waals surface area contributed by atoms with Gasteiger partial charge in [0.05, 0.1) is 0 Å². The maximum Gasteiger partial charge on any atom is 0.179 e. The van der Waals surface area contributed by atoms with E-state index in [1.54, 1.807) is 6.92 Å². The summed E-state index contributed by atoms with van der Waals surface area (Å²) < 4.78 is 5.86. The summed E-state index contributed by atoms with van der Waals surface area (Å²) in [6.07, 6.45) is 0. The predicted octanol–water partition coefficient (Wildman–Crippen LogP) is 6.27. The zero-order valence-corrected chi connectivity index (χ0v) is 14.3. The zero-order valence-electron chi connectivity index (χ0n) is 14.3. The Morgan fingerprint density at radius 2 is 1.42 bits per heavy atom. The van der Waals surface area contributed by atoms with Crippen LogP contribution in [-0.4, -0.2) is 0 Å². The van der Waals surface area contributed by atoms with Crippen molar-refractivity contribution in [1.29, 1.82) is 0 Å². The van der Waals surface area contributed by atoms with Crippen molar-refractivity contribution < 1.29 is 4.42 Å². The average Bonchev–Trinajstić information content (AvgIpc) is 3.09. The summed E-state index contributed by atoms with van der Waals surface area (Å²) in [6.45, 7) is 1.77. The molecule has 0 amide bonds. The normalized spacial score (nSPS) is 10.7. The van der Waals surface area contributed by atoms with Crippen LogP contribution in [0.4, 0.5) is 0 Å². The molecule has 0 radical (unpaired) electrons. The number of benzene rings is 4. The number of hydrogen-bond donors (Lipinski definition) is 0. The van der Waals surface area contributed by atoms with Crippen LogP contribution in [0.15, 0.2) is 71.1 Å². The van der Waals surface area contributed by atoms with Gasteiger partial charge in [0, 0.05) is 11.5 Å². The third-order valence-electron chi connectivity index (χ3n) is 4.75. The highest BCUT2D eigenvalue weighted by atomic mass is 16.3. The van der Waals surface area contributed by atoms with Gasteiger partial charge in [-0.15, -0.1) is 0 Å². The van der Waals surface area contributed by atoms with E-state index in [4.69, 9.17) is 4.42 Å². The maximum absolute atomic E-state index is 5.86. The Kier molecular flexibility index (Phi) is 3.21. The summed E-state index contributed by atoms with van der Waals surface area (Å²) in [4.78, 5) is 0. The van der Waals surface area contributed by atoms with Crippen molar-refractivity contribution in [2.45, 2.75) is 6.92 Å². The molecule has 0 fully saturated rings. The van der Waals surface area contributed by atoms with E-state index < -0.39 is 0 Å². The van der Waals surface area contributed by atoms with Gasteiger partial charge in [-0.1, -0.05) is 48.4 Å². The minimum absolute atomic E-state index is 0.647. The molecule has 1 nitrogen and oxygen atoms in total. The molecule has 1 aromatic heterocycles. The summed E-state index contributed by atoms with van der Waals surface area (Å²) in [5.41, 5.74) is 0.853. The minimum Gasteiger partial charge on any atom is -0.448 e. The van der Waals surface area contributed by atoms with Crippen LogP contribution in [0.5, 0.6) is 0 Å². The van der Waals surface area contributed by atoms with Gasteiger partial charge in [0.2, 0.25) is 0 Å². The van der Waals surface area contributed by atoms with E-state index >= 15 is 0 Å². The smallest absolute Gasteiger partial charge is 0.179 e. The second-order valence-corrected chi connectivity index (χ2v) is 6.29. The Morgan fingerprint density at radius 1 is 0.654 bits per heavy atom. The Labute approximate surface area is 151 Å². The molecule has 0 unspecified atom stereocenters. The summed E-state index contributed by atoms with van der Waals surface area (Å²) in [6, 6.07) is 23.5. The lowest BCUT2D eigenvalue weighted by atomic mass is 9.97. The maximum atomic E-state index is 5.86. The number of furan rings is 1. The Morgan fingerprint density at radius 3 is 2.27 bits per heavy atom. The molecule has 0 aliphatic carbocycles. The SMILES string of the molecule is CC#CC#Cc1cc2c(ccc3c4cc5ccccc5cc4ccc23)o1. The molecule has 1 heterocycles. The molecule has 5 rings (SSSR count). The fourth-order valence-electron chi connectivity index (χ4n) is 3.57. The average molecular weight is 330 g/mol. The molecule has 0 aliphatic rings. The second-order valence-electron chi connectivity index (χ2n) is 6.29. The Balaban J connectivity index is 1.83. The van der Waals surface area contributed by atoms with E-state index in [1.807, 2.05) is 12.1 Å². The molecule has 4 aromatic carbocycles. The van der Waals surface area contributed by atoms with Gasteiger partial charge in [0.1, 0.15) is 5.58 Å². The summed E-state index contributed by atoms with van der Waals surface area (Å²) in [7, 11) is 0. The first-order valence-electron chi connectivity index (χ1n) is 8.54. The van der Waals surface area contributed by atoms with Crippen molar-refractivity contribution in [3.63, 3.8) is 0 Å². The molecular weight excluding hydrogens is 316 g/mol. The second kappa shape index (κ2) is 5.69. The largest absolute Gasteiger partial charge is 0.448 e. The van der Waals surface area contributed by atoms with E-state index in [9.17, 15) is 0 Å². The molecule has 0 N–H and O–H groups in total. The first kappa shape index (κ1) is 14.6. The zero-order chi connectivity index (χ0) is 17.5. The lowest BCUT2D eigenvalue weighted by Gasteiger charge is -2.07. The van der Waals surface area contributed by atoms with Crippen molar-refractivity contribution in [2.75, 3.05) is 0 Å². The molecule has 0 bridgehead atoms. The molecule has 0 saturated carbocycles. The predicted molar refractivity (Wildman–Crippen MR) is 109 cm³/mol.